The zero-order valence-electron chi connectivity index (χ0n) is 30.3. The number of hydrogen-bond acceptors (Lipinski definition) is 7. The van der Waals surface area contributed by atoms with E-state index in [-0.39, 0.29) is 22.7 Å². The number of benzene rings is 2. The molecule has 9 rings (SSSR count). The van der Waals surface area contributed by atoms with Crippen molar-refractivity contribution in [2.24, 2.45) is 16.2 Å². The molecule has 2 unspecified atom stereocenters. The predicted octanol–water partition coefficient (Wildman–Crippen LogP) is 5.50. The molecule has 51 heavy (non-hydrogen) atoms. The lowest BCUT2D eigenvalue weighted by molar-refractivity contribution is -0.138. The van der Waals surface area contributed by atoms with Gasteiger partial charge in [-0.05, 0) is 87.0 Å². The average molecular weight is 715 g/mol. The van der Waals surface area contributed by atoms with E-state index in [2.05, 4.69) is 38.1 Å². The highest BCUT2D eigenvalue weighted by molar-refractivity contribution is 7.90. The number of sulfonamides is 1. The molecule has 5 heterocycles. The summed E-state index contributed by atoms with van der Waals surface area (Å²) in [6.45, 7) is 11.7. The third kappa shape index (κ3) is 4.82. The van der Waals surface area contributed by atoms with Crippen molar-refractivity contribution in [2.45, 2.75) is 82.9 Å². The fraction of sp³-hybridized carbons (Fsp3) is 0.600. The summed E-state index contributed by atoms with van der Waals surface area (Å²) in [7, 11) is -2.12. The van der Waals surface area contributed by atoms with E-state index < -0.39 is 26.6 Å². The minimum atomic E-state index is -3.81. The largest absolute Gasteiger partial charge is 0.497 e. The molecule has 1 aromatic heterocycles. The van der Waals surface area contributed by atoms with Gasteiger partial charge in [0.15, 0.2) is 0 Å². The molecule has 1 N–H and O–H groups in total. The zero-order chi connectivity index (χ0) is 35.5. The van der Waals surface area contributed by atoms with Gasteiger partial charge in [-0.3, -0.25) is 9.59 Å². The number of amides is 2. The normalized spacial score (nSPS) is 30.1. The number of nitrogens with zero attached hydrogens (tertiary/aromatic N) is 3. The Hall–Kier alpha value is -3.41. The van der Waals surface area contributed by atoms with Crippen molar-refractivity contribution in [1.29, 1.82) is 0 Å². The number of rotatable bonds is 7. The van der Waals surface area contributed by atoms with Crippen LogP contribution in [0, 0.1) is 16.2 Å². The standard InChI is InChI=1S/C40H50N4O6S/c1-5-42-18-38-20-43(21-39(38,19-42)24-50-23-38)37(46)40-17-32(40)31-16-28(49-4)12-14-29(31)35-34(26-9-7-6-8-10-26)30-13-11-27(15-33(30)44(35)22-40)36(45)41-51(47,48)25(2)3/h11-16,25-26,32H,5-10,17-24H2,1-4H3,(H,41,45)/t32-,38?,39?,40-/m0/s1. The highest BCUT2D eigenvalue weighted by Crippen LogP contribution is 2.67. The fourth-order valence-electron chi connectivity index (χ4n) is 10.8. The molecule has 4 atom stereocenters. The topological polar surface area (TPSA) is 110 Å². The van der Waals surface area contributed by atoms with Crippen LogP contribution in [0.4, 0.5) is 0 Å². The quantitative estimate of drug-likeness (QED) is 0.344. The Balaban J connectivity index is 1.19. The molecule has 2 saturated carbocycles. The summed E-state index contributed by atoms with van der Waals surface area (Å²) in [4.78, 5) is 33.4. The number of carbonyl (C=O) groups is 2. The molecule has 10 nitrogen and oxygen atoms in total. The van der Waals surface area contributed by atoms with Gasteiger partial charge in [0.25, 0.3) is 5.91 Å². The minimum Gasteiger partial charge on any atom is -0.497 e. The molecule has 0 spiro atoms. The van der Waals surface area contributed by atoms with Crippen LogP contribution in [0.1, 0.15) is 92.6 Å². The molecular formula is C40H50N4O6S. The van der Waals surface area contributed by atoms with Crippen LogP contribution in [-0.2, 0) is 26.1 Å². The molecule has 2 aliphatic carbocycles. The van der Waals surface area contributed by atoms with Crippen molar-refractivity contribution in [2.75, 3.05) is 53.0 Å². The summed E-state index contributed by atoms with van der Waals surface area (Å²) in [5.74, 6) is 0.782. The number of aromatic nitrogens is 1. The van der Waals surface area contributed by atoms with Crippen LogP contribution in [-0.4, -0.2) is 92.9 Å². The van der Waals surface area contributed by atoms with Gasteiger partial charge in [-0.1, -0.05) is 32.3 Å². The molecule has 2 aromatic carbocycles. The highest BCUT2D eigenvalue weighted by atomic mass is 32.2. The Morgan fingerprint density at radius 2 is 1.71 bits per heavy atom. The number of methoxy groups -OCH3 is 1. The first-order chi connectivity index (χ1) is 24.4. The van der Waals surface area contributed by atoms with Gasteiger partial charge in [0.2, 0.25) is 15.9 Å². The van der Waals surface area contributed by atoms with E-state index in [1.54, 1.807) is 27.0 Å². The van der Waals surface area contributed by atoms with Crippen molar-refractivity contribution in [1.82, 2.24) is 19.1 Å². The van der Waals surface area contributed by atoms with E-state index in [1.807, 2.05) is 18.2 Å². The van der Waals surface area contributed by atoms with Crippen LogP contribution in [0.15, 0.2) is 36.4 Å². The van der Waals surface area contributed by atoms with Crippen LogP contribution in [0.3, 0.4) is 0 Å². The van der Waals surface area contributed by atoms with Crippen LogP contribution in [0.2, 0.25) is 0 Å². The Morgan fingerprint density at radius 1 is 0.980 bits per heavy atom. The number of ether oxygens (including phenoxy) is 2. The molecule has 272 valence electrons. The fourth-order valence-corrected chi connectivity index (χ4v) is 11.4. The minimum absolute atomic E-state index is 0.0242. The van der Waals surface area contributed by atoms with E-state index in [1.165, 1.54) is 30.4 Å². The highest BCUT2D eigenvalue weighted by Gasteiger charge is 2.70. The Kier molecular flexibility index (Phi) is 7.57. The molecule has 0 bridgehead atoms. The van der Waals surface area contributed by atoms with Gasteiger partial charge in [0.05, 0.1) is 36.7 Å². The monoisotopic (exact) mass is 714 g/mol. The average Bonchev–Trinajstić information content (AvgIpc) is 3.31. The lowest BCUT2D eigenvalue weighted by Crippen LogP contribution is -2.43. The summed E-state index contributed by atoms with van der Waals surface area (Å²) in [5.41, 5.74) is 5.24. The summed E-state index contributed by atoms with van der Waals surface area (Å²) in [5, 5.41) is 0.350. The van der Waals surface area contributed by atoms with Crippen molar-refractivity contribution < 1.29 is 27.5 Å². The number of hydrogen-bond donors (Lipinski definition) is 1. The lowest BCUT2D eigenvalue weighted by Gasteiger charge is -2.30. The lowest BCUT2D eigenvalue weighted by atomic mass is 9.71. The van der Waals surface area contributed by atoms with E-state index in [0.717, 1.165) is 79.9 Å². The van der Waals surface area contributed by atoms with Crippen LogP contribution in [0.5, 0.6) is 5.75 Å². The van der Waals surface area contributed by atoms with Crippen molar-refractivity contribution in [3.05, 3.63) is 53.1 Å². The first-order valence-corrected chi connectivity index (χ1v) is 20.5. The Labute approximate surface area is 300 Å². The second-order valence-electron chi connectivity index (χ2n) is 16.8. The summed E-state index contributed by atoms with van der Waals surface area (Å²) in [6.07, 6.45) is 6.51. The number of fused-ring (bicyclic) bond motifs is 7. The Bertz CT molecular complexity index is 2050. The van der Waals surface area contributed by atoms with Gasteiger partial charge in [-0.25, -0.2) is 13.1 Å². The second kappa shape index (κ2) is 11.5. The summed E-state index contributed by atoms with van der Waals surface area (Å²) in [6, 6.07) is 12.0. The summed E-state index contributed by atoms with van der Waals surface area (Å²) < 4.78 is 42.0. The second-order valence-corrected chi connectivity index (χ2v) is 19.1. The van der Waals surface area contributed by atoms with Crippen molar-refractivity contribution in [3.8, 4) is 17.0 Å². The molecule has 11 heteroatoms. The smallest absolute Gasteiger partial charge is 0.264 e. The van der Waals surface area contributed by atoms with Crippen LogP contribution >= 0.6 is 0 Å². The molecule has 3 aromatic rings. The van der Waals surface area contributed by atoms with E-state index in [9.17, 15) is 13.2 Å². The third-order valence-corrected chi connectivity index (χ3v) is 15.4. The van der Waals surface area contributed by atoms with E-state index in [4.69, 9.17) is 9.47 Å². The van der Waals surface area contributed by atoms with Crippen LogP contribution < -0.4 is 9.46 Å². The SMILES string of the molecule is CCN1CC23COCC2(C1)CN(C(=O)[C@]12C[C@H]1c1cc(OC)ccc1-c1c(C4CCCCC4)c4ccc(C(=O)NS(=O)(=O)C(C)C)cc4n1C2)C3. The van der Waals surface area contributed by atoms with Crippen molar-refractivity contribution >= 4 is 32.7 Å². The van der Waals surface area contributed by atoms with Gasteiger partial charge in [0, 0.05) is 71.5 Å². The molecule has 0 radical (unpaired) electrons. The number of nitrogens with one attached hydrogen (secondary N) is 1. The number of likely N-dealkylation sites (tertiary alicyclic amines) is 2. The first kappa shape index (κ1) is 33.4. The summed E-state index contributed by atoms with van der Waals surface area (Å²) >= 11 is 0. The molecule has 3 saturated heterocycles. The van der Waals surface area contributed by atoms with Crippen molar-refractivity contribution in [3.63, 3.8) is 0 Å². The molecule has 6 aliphatic rings. The van der Waals surface area contributed by atoms with Crippen LogP contribution in [0.25, 0.3) is 22.2 Å². The maximum Gasteiger partial charge on any atom is 0.264 e. The van der Waals surface area contributed by atoms with Gasteiger partial charge < -0.3 is 23.8 Å². The molecular weight excluding hydrogens is 665 g/mol. The first-order valence-electron chi connectivity index (χ1n) is 18.9. The van der Waals surface area contributed by atoms with E-state index in [0.29, 0.717) is 31.2 Å². The molecule has 4 aliphatic heterocycles. The maximum absolute atomic E-state index is 15.2. The molecule has 5 fully saturated rings. The van der Waals surface area contributed by atoms with E-state index >= 15 is 4.79 Å². The maximum atomic E-state index is 15.2. The van der Waals surface area contributed by atoms with Gasteiger partial charge in [0.1, 0.15) is 5.75 Å². The Morgan fingerprint density at radius 3 is 2.37 bits per heavy atom. The third-order valence-electron chi connectivity index (χ3n) is 13.7. The van der Waals surface area contributed by atoms with Gasteiger partial charge in [-0.2, -0.15) is 0 Å². The zero-order valence-corrected chi connectivity index (χ0v) is 31.1. The number of carbonyl (C=O) groups excluding carboxylic acids is 2. The van der Waals surface area contributed by atoms with Gasteiger partial charge >= 0.3 is 0 Å². The predicted molar refractivity (Wildman–Crippen MR) is 195 cm³/mol. The van der Waals surface area contributed by atoms with Gasteiger partial charge in [-0.15, -0.1) is 0 Å². The molecule has 2 amide bonds.